The average Bonchev–Trinajstić information content (AvgIpc) is 3.88. The first-order valence-corrected chi connectivity index (χ1v) is 20.3. The molecule has 58 heavy (non-hydrogen) atoms. The first-order chi connectivity index (χ1) is 28.6. The first kappa shape index (κ1) is 35.2. The lowest BCUT2D eigenvalue weighted by Gasteiger charge is -2.17. The van der Waals surface area contributed by atoms with E-state index < -0.39 is 0 Å². The fourth-order valence-corrected chi connectivity index (χ4v) is 9.57. The number of rotatable bonds is 7. The zero-order chi connectivity index (χ0) is 39.2. The minimum atomic E-state index is 0.836. The van der Waals surface area contributed by atoms with E-state index >= 15 is 0 Å². The van der Waals surface area contributed by atoms with Crippen LogP contribution in [-0.2, 0) is 0 Å². The van der Waals surface area contributed by atoms with E-state index in [1.165, 1.54) is 20.2 Å². The van der Waals surface area contributed by atoms with E-state index in [0.717, 1.165) is 93.9 Å². The SMILES string of the molecule is C=Cc1ccccc1C(=C)c1ccccccc(-c2ccc(C(=C)c3cc4c(cc3-c3cc5ccccc5o3)sc3ccccc34)c3ccccc23)c2ccccc12. The highest BCUT2D eigenvalue weighted by atomic mass is 32.1. The van der Waals surface area contributed by atoms with E-state index in [9.17, 15) is 0 Å². The Hall–Kier alpha value is -7.26. The van der Waals surface area contributed by atoms with Crippen molar-refractivity contribution in [2.75, 3.05) is 0 Å². The van der Waals surface area contributed by atoms with Crippen LogP contribution in [0.4, 0.5) is 0 Å². The van der Waals surface area contributed by atoms with Crippen LogP contribution in [0.1, 0.15) is 27.8 Å². The van der Waals surface area contributed by atoms with Crippen molar-refractivity contribution in [3.8, 4) is 22.5 Å². The molecule has 8 aromatic carbocycles. The topological polar surface area (TPSA) is 13.1 Å². The summed E-state index contributed by atoms with van der Waals surface area (Å²) in [6, 6.07) is 66.7. The molecular weight excluding hydrogens is 721 g/mol. The maximum Gasteiger partial charge on any atom is 0.136 e. The van der Waals surface area contributed by atoms with Gasteiger partial charge in [-0.25, -0.2) is 0 Å². The number of hydrogen-bond acceptors (Lipinski definition) is 2. The molecule has 0 spiro atoms. The third-order valence-corrected chi connectivity index (χ3v) is 12.4. The molecule has 10 aromatic rings. The Labute approximate surface area is 342 Å². The summed E-state index contributed by atoms with van der Waals surface area (Å²) in [6.07, 6.45) is 1.90. The van der Waals surface area contributed by atoms with Gasteiger partial charge in [0.25, 0.3) is 0 Å². The number of hydrogen-bond donors (Lipinski definition) is 0. The minimum Gasteiger partial charge on any atom is -0.456 e. The van der Waals surface area contributed by atoms with Gasteiger partial charge in [-0.05, 0) is 102 Å². The van der Waals surface area contributed by atoms with Gasteiger partial charge in [-0.2, -0.15) is 0 Å². The van der Waals surface area contributed by atoms with Crippen molar-refractivity contribution in [1.29, 1.82) is 0 Å². The van der Waals surface area contributed by atoms with Crippen molar-refractivity contribution in [1.82, 2.24) is 0 Å². The van der Waals surface area contributed by atoms with Crippen LogP contribution in [0, 0.1) is 0 Å². The monoisotopic (exact) mass is 758 g/mol. The lowest BCUT2D eigenvalue weighted by atomic mass is 9.86. The Bertz CT molecular complexity index is 3320. The van der Waals surface area contributed by atoms with Gasteiger partial charge < -0.3 is 4.42 Å². The molecule has 0 aliphatic carbocycles. The van der Waals surface area contributed by atoms with Crippen LogP contribution in [0.25, 0.3) is 92.4 Å². The standard InChI is InChI=1S/C56H38OS/c1-4-38-19-9-11-21-40(38)36(2)41-22-7-5-6-8-23-47(45-26-14-12-24-43(41)45)48-32-31-42(44-25-13-15-27-46(44)48)37(3)50-34-52-49-28-16-18-30-55(49)58-56(52)35-51(50)54-33-39-20-10-17-29-53(39)57-54/h4-35H,1-3H2. The van der Waals surface area contributed by atoms with E-state index in [1.54, 1.807) is 0 Å². The molecule has 0 N–H and O–H groups in total. The van der Waals surface area contributed by atoms with Crippen molar-refractivity contribution in [3.63, 3.8) is 0 Å². The maximum atomic E-state index is 6.56. The van der Waals surface area contributed by atoms with Crippen LogP contribution in [-0.4, -0.2) is 0 Å². The molecule has 2 aromatic heterocycles. The fraction of sp³-hybridized carbons (Fsp3) is 0. The van der Waals surface area contributed by atoms with Crippen LogP contribution in [0.15, 0.2) is 212 Å². The molecule has 1 nitrogen and oxygen atoms in total. The Morgan fingerprint density at radius 1 is 0.414 bits per heavy atom. The van der Waals surface area contributed by atoms with Gasteiger partial charge in [-0.1, -0.05) is 184 Å². The Morgan fingerprint density at radius 3 is 1.74 bits per heavy atom. The van der Waals surface area contributed by atoms with Gasteiger partial charge in [0.1, 0.15) is 11.3 Å². The van der Waals surface area contributed by atoms with Gasteiger partial charge in [0.2, 0.25) is 0 Å². The zero-order valence-electron chi connectivity index (χ0n) is 31.9. The summed E-state index contributed by atoms with van der Waals surface area (Å²) < 4.78 is 9.05. The van der Waals surface area contributed by atoms with E-state index in [-0.39, 0.29) is 0 Å². The quantitative estimate of drug-likeness (QED) is 0.158. The summed E-state index contributed by atoms with van der Waals surface area (Å²) in [5, 5.41) is 8.08. The second-order valence-electron chi connectivity index (χ2n) is 14.6. The lowest BCUT2D eigenvalue weighted by Crippen LogP contribution is -1.94. The molecule has 0 unspecified atom stereocenters. The van der Waals surface area contributed by atoms with Crippen molar-refractivity contribution in [2.24, 2.45) is 0 Å². The van der Waals surface area contributed by atoms with Gasteiger partial charge in [0.05, 0.1) is 0 Å². The second-order valence-corrected chi connectivity index (χ2v) is 15.7. The van der Waals surface area contributed by atoms with Crippen LogP contribution in [0.5, 0.6) is 0 Å². The number of para-hydroxylation sites is 1. The van der Waals surface area contributed by atoms with E-state index in [4.69, 9.17) is 11.0 Å². The molecule has 274 valence electrons. The largest absolute Gasteiger partial charge is 0.456 e. The normalized spacial score (nSPS) is 11.3. The summed E-state index contributed by atoms with van der Waals surface area (Å²) in [6.45, 7) is 13.6. The highest BCUT2D eigenvalue weighted by Gasteiger charge is 2.20. The van der Waals surface area contributed by atoms with Gasteiger partial charge in [-0.15, -0.1) is 11.3 Å². The molecular formula is C56H38OS. The highest BCUT2D eigenvalue weighted by molar-refractivity contribution is 7.25. The highest BCUT2D eigenvalue weighted by Crippen LogP contribution is 2.45. The lowest BCUT2D eigenvalue weighted by molar-refractivity contribution is 0.631. The summed E-state index contributed by atoms with van der Waals surface area (Å²) in [4.78, 5) is 0. The zero-order valence-corrected chi connectivity index (χ0v) is 32.7. The third kappa shape index (κ3) is 6.03. The number of furan rings is 1. The summed E-state index contributed by atoms with van der Waals surface area (Å²) in [5.74, 6) is 0.836. The second kappa shape index (κ2) is 14.7. The smallest absolute Gasteiger partial charge is 0.136 e. The molecule has 10 rings (SSSR count). The van der Waals surface area contributed by atoms with Crippen molar-refractivity contribution in [3.05, 3.63) is 236 Å². The van der Waals surface area contributed by atoms with E-state index in [2.05, 4.69) is 183 Å². The molecule has 2 heterocycles. The van der Waals surface area contributed by atoms with Crippen LogP contribution >= 0.6 is 11.3 Å². The minimum absolute atomic E-state index is 0.836. The van der Waals surface area contributed by atoms with Crippen LogP contribution in [0.2, 0.25) is 0 Å². The Balaban J connectivity index is 1.19. The molecule has 0 amide bonds. The first-order valence-electron chi connectivity index (χ1n) is 19.5. The summed E-state index contributed by atoms with van der Waals surface area (Å²) in [5.41, 5.74) is 11.4. The van der Waals surface area contributed by atoms with Gasteiger partial charge >= 0.3 is 0 Å². The third-order valence-electron chi connectivity index (χ3n) is 11.3. The Morgan fingerprint density at radius 2 is 0.983 bits per heavy atom. The van der Waals surface area contributed by atoms with Crippen LogP contribution in [0.3, 0.4) is 0 Å². The van der Waals surface area contributed by atoms with E-state index in [1.807, 2.05) is 35.6 Å². The predicted molar refractivity (Wildman–Crippen MR) is 252 cm³/mol. The van der Waals surface area contributed by atoms with Crippen LogP contribution < -0.4 is 0 Å². The van der Waals surface area contributed by atoms with Gasteiger partial charge in [0, 0.05) is 31.1 Å². The molecule has 0 aliphatic heterocycles. The summed E-state index contributed by atoms with van der Waals surface area (Å²) >= 11 is 1.82. The van der Waals surface area contributed by atoms with Crippen molar-refractivity contribution in [2.45, 2.75) is 0 Å². The van der Waals surface area contributed by atoms with E-state index in [0.29, 0.717) is 0 Å². The summed E-state index contributed by atoms with van der Waals surface area (Å²) in [7, 11) is 0. The number of benzene rings is 7. The van der Waals surface area contributed by atoms with Crippen molar-refractivity contribution >= 4 is 81.2 Å². The van der Waals surface area contributed by atoms with Gasteiger partial charge in [0.15, 0.2) is 0 Å². The molecule has 0 atom stereocenters. The molecule has 0 bridgehead atoms. The molecule has 0 radical (unpaired) electrons. The fourth-order valence-electron chi connectivity index (χ4n) is 8.44. The Kier molecular flexibility index (Phi) is 8.90. The molecule has 2 heteroatoms. The van der Waals surface area contributed by atoms with Gasteiger partial charge in [-0.3, -0.25) is 0 Å². The average molecular weight is 759 g/mol. The number of fused-ring (bicyclic) bond motifs is 6. The molecule has 0 aliphatic rings. The molecule has 0 saturated heterocycles. The molecule has 0 saturated carbocycles. The van der Waals surface area contributed by atoms with Crippen molar-refractivity contribution < 1.29 is 4.42 Å². The molecule has 0 fully saturated rings. The number of thiophene rings is 1. The predicted octanol–water partition coefficient (Wildman–Crippen LogP) is 16.3. The maximum absolute atomic E-state index is 6.56.